The number of para-hydroxylation sites is 1. The number of hydrogen-bond acceptors (Lipinski definition) is 6. The number of fused-ring (bicyclic) bond motifs is 2. The summed E-state index contributed by atoms with van der Waals surface area (Å²) in [6, 6.07) is 14.4. The standard InChI is InChI=1S/C47H60F7N3O4S/c1-3-4-5-6-7-11-14-17-27-62(59,60)38-22-23-43(61-33(2)47(52,53)54)40(30-38)45(58)57-26-24-36(32-55-57)39-29-37-28-35-21-18-20-34(44(35)56-42(37)31-41(39)48)19-15-12-9-8-10-13-16-25-46(49,50)51/h18,20-23,28-31,33,36,55H,3-17,19,24-27,32H2,1-2H3/t33-,36?/m0/s1. The van der Waals surface area contributed by atoms with Crippen molar-refractivity contribution < 1.29 is 48.7 Å². The normalized spacial score (nSPS) is 15.7. The number of rotatable bonds is 23. The summed E-state index contributed by atoms with van der Waals surface area (Å²) in [7, 11) is -3.86. The van der Waals surface area contributed by atoms with Crippen molar-refractivity contribution in [2.45, 2.75) is 159 Å². The topological polar surface area (TPSA) is 88.6 Å². The fourth-order valence-electron chi connectivity index (χ4n) is 8.05. The molecule has 0 saturated carbocycles. The molecule has 1 N–H and O–H groups in total. The van der Waals surface area contributed by atoms with E-state index in [4.69, 9.17) is 9.72 Å². The van der Waals surface area contributed by atoms with Crippen molar-refractivity contribution in [3.8, 4) is 5.75 Å². The summed E-state index contributed by atoms with van der Waals surface area (Å²) in [4.78, 5) is 18.6. The minimum Gasteiger partial charge on any atom is -0.480 e. The van der Waals surface area contributed by atoms with Crippen molar-refractivity contribution in [2.24, 2.45) is 0 Å². The lowest BCUT2D eigenvalue weighted by Crippen LogP contribution is -2.49. The Balaban J connectivity index is 1.22. The van der Waals surface area contributed by atoms with E-state index in [1.165, 1.54) is 23.6 Å². The van der Waals surface area contributed by atoms with Crippen LogP contribution in [0.4, 0.5) is 30.7 Å². The van der Waals surface area contributed by atoms with Gasteiger partial charge in [-0.1, -0.05) is 102 Å². The van der Waals surface area contributed by atoms with E-state index in [9.17, 15) is 39.6 Å². The molecular weight excluding hydrogens is 836 g/mol. The number of ether oxygens (including phenoxy) is 1. The molecule has 3 aromatic carbocycles. The summed E-state index contributed by atoms with van der Waals surface area (Å²) in [5.41, 5.74) is 5.40. The van der Waals surface area contributed by atoms with E-state index in [1.807, 2.05) is 24.3 Å². The maximum Gasteiger partial charge on any atom is 0.425 e. The average molecular weight is 896 g/mol. The van der Waals surface area contributed by atoms with E-state index in [1.54, 1.807) is 6.07 Å². The third-order valence-corrected chi connectivity index (χ3v) is 13.5. The second-order valence-electron chi connectivity index (χ2n) is 16.7. The molecule has 2 heterocycles. The molecule has 0 spiro atoms. The van der Waals surface area contributed by atoms with Gasteiger partial charge in [-0.05, 0) is 80.5 Å². The van der Waals surface area contributed by atoms with E-state index in [-0.39, 0.29) is 41.6 Å². The highest BCUT2D eigenvalue weighted by molar-refractivity contribution is 7.91. The minimum atomic E-state index is -4.73. The number of sulfone groups is 1. The fourth-order valence-corrected chi connectivity index (χ4v) is 9.44. The van der Waals surface area contributed by atoms with Gasteiger partial charge in [0.05, 0.1) is 27.2 Å². The molecule has 0 aliphatic carbocycles. The van der Waals surface area contributed by atoms with Gasteiger partial charge in [0.2, 0.25) is 0 Å². The van der Waals surface area contributed by atoms with Crippen molar-refractivity contribution in [1.29, 1.82) is 0 Å². The first-order valence-electron chi connectivity index (χ1n) is 22.2. The predicted octanol–water partition coefficient (Wildman–Crippen LogP) is 13.1. The van der Waals surface area contributed by atoms with Gasteiger partial charge < -0.3 is 4.74 Å². The van der Waals surface area contributed by atoms with Crippen LogP contribution in [0.3, 0.4) is 0 Å². The van der Waals surface area contributed by atoms with Gasteiger partial charge >= 0.3 is 12.4 Å². The van der Waals surface area contributed by atoms with E-state index in [0.717, 1.165) is 118 Å². The smallest absolute Gasteiger partial charge is 0.425 e. The Morgan fingerprint density at radius 1 is 0.839 bits per heavy atom. The summed E-state index contributed by atoms with van der Waals surface area (Å²) < 4.78 is 125. The molecule has 1 unspecified atom stereocenters. The summed E-state index contributed by atoms with van der Waals surface area (Å²) in [5.74, 6) is -2.15. The second-order valence-corrected chi connectivity index (χ2v) is 18.8. The number of alkyl halides is 6. The number of carbonyl (C=O) groups excluding carboxylic acids is 1. The van der Waals surface area contributed by atoms with Crippen LogP contribution in [0.2, 0.25) is 0 Å². The Morgan fingerprint density at radius 3 is 2.15 bits per heavy atom. The number of nitrogens with one attached hydrogen (secondary N) is 1. The lowest BCUT2D eigenvalue weighted by Gasteiger charge is -2.33. The highest BCUT2D eigenvalue weighted by atomic mass is 32.2. The van der Waals surface area contributed by atoms with Crippen LogP contribution in [-0.4, -0.2) is 61.6 Å². The monoisotopic (exact) mass is 895 g/mol. The Labute approximate surface area is 361 Å². The summed E-state index contributed by atoms with van der Waals surface area (Å²) in [6.45, 7) is 3.13. The molecule has 1 fully saturated rings. The number of amides is 1. The largest absolute Gasteiger partial charge is 0.480 e. The van der Waals surface area contributed by atoms with Crippen molar-refractivity contribution >= 4 is 37.6 Å². The molecule has 0 bridgehead atoms. The summed E-state index contributed by atoms with van der Waals surface area (Å²) >= 11 is 0. The lowest BCUT2D eigenvalue weighted by atomic mass is 9.92. The molecular formula is C47H60F7N3O4S. The molecule has 342 valence electrons. The first-order valence-corrected chi connectivity index (χ1v) is 23.9. The van der Waals surface area contributed by atoms with E-state index in [2.05, 4.69) is 12.3 Å². The van der Waals surface area contributed by atoms with Gasteiger partial charge in [-0.15, -0.1) is 0 Å². The van der Waals surface area contributed by atoms with Crippen molar-refractivity contribution in [3.63, 3.8) is 0 Å². The molecule has 1 saturated heterocycles. The maximum absolute atomic E-state index is 15.8. The molecule has 15 heteroatoms. The summed E-state index contributed by atoms with van der Waals surface area (Å²) in [5, 5.41) is 2.84. The van der Waals surface area contributed by atoms with Gasteiger partial charge in [-0.3, -0.25) is 9.80 Å². The number of aryl methyl sites for hydroxylation is 1. The van der Waals surface area contributed by atoms with Crippen LogP contribution in [0, 0.1) is 5.82 Å². The second kappa shape index (κ2) is 22.6. The van der Waals surface area contributed by atoms with Crippen LogP contribution in [0.5, 0.6) is 5.75 Å². The molecule has 1 amide bonds. The van der Waals surface area contributed by atoms with Gasteiger partial charge in [0, 0.05) is 42.3 Å². The SMILES string of the molecule is CCCCCCCCCCS(=O)(=O)c1ccc(O[C@@H](C)C(F)(F)F)c(C(=O)N2CCC(c3cc4cc5cccc(CCCCCCCCCC(F)(F)F)c5nc4cc3F)CN2)c1. The van der Waals surface area contributed by atoms with Gasteiger partial charge in [0.1, 0.15) is 11.6 Å². The van der Waals surface area contributed by atoms with Crippen molar-refractivity contribution in [3.05, 3.63) is 77.1 Å². The lowest BCUT2D eigenvalue weighted by molar-refractivity contribution is -0.189. The van der Waals surface area contributed by atoms with E-state index < -0.39 is 52.2 Å². The van der Waals surface area contributed by atoms with E-state index >= 15 is 4.39 Å². The van der Waals surface area contributed by atoms with Crippen molar-refractivity contribution in [2.75, 3.05) is 18.8 Å². The number of halogens is 7. The number of aromatic nitrogens is 1. The molecule has 1 aliphatic heterocycles. The third-order valence-electron chi connectivity index (χ3n) is 11.7. The van der Waals surface area contributed by atoms with Crippen LogP contribution >= 0.6 is 0 Å². The Bertz CT molecular complexity index is 2190. The number of pyridine rings is 1. The molecule has 1 aliphatic rings. The number of hydrogen-bond donors (Lipinski definition) is 1. The zero-order chi connectivity index (χ0) is 44.9. The third kappa shape index (κ3) is 14.3. The zero-order valence-electron chi connectivity index (χ0n) is 35.8. The van der Waals surface area contributed by atoms with Crippen LogP contribution < -0.4 is 10.2 Å². The molecule has 7 nitrogen and oxygen atoms in total. The number of nitrogens with zero attached hydrogens (tertiary/aromatic N) is 2. The van der Waals surface area contributed by atoms with Crippen LogP contribution in [0.1, 0.15) is 150 Å². The highest BCUT2D eigenvalue weighted by Crippen LogP contribution is 2.34. The zero-order valence-corrected chi connectivity index (χ0v) is 36.6. The van der Waals surface area contributed by atoms with Gasteiger partial charge in [-0.2, -0.15) is 26.3 Å². The fraction of sp³-hybridized carbons (Fsp3) is 0.574. The van der Waals surface area contributed by atoms with Crippen LogP contribution in [-0.2, 0) is 16.3 Å². The summed E-state index contributed by atoms with van der Waals surface area (Å²) in [6.07, 6.45) is 2.05. The number of carbonyl (C=O) groups is 1. The predicted molar refractivity (Wildman–Crippen MR) is 230 cm³/mol. The van der Waals surface area contributed by atoms with Gasteiger partial charge in [0.25, 0.3) is 5.91 Å². The highest BCUT2D eigenvalue weighted by Gasteiger charge is 2.39. The molecule has 1 aromatic heterocycles. The Hall–Kier alpha value is -3.98. The molecule has 4 aromatic rings. The maximum atomic E-state index is 15.8. The average Bonchev–Trinajstić information content (AvgIpc) is 3.22. The van der Waals surface area contributed by atoms with Crippen LogP contribution in [0.25, 0.3) is 21.8 Å². The first kappa shape index (κ1) is 49.0. The molecule has 2 atom stereocenters. The number of benzene rings is 3. The number of hydrazine groups is 1. The Morgan fingerprint density at radius 2 is 1.50 bits per heavy atom. The quantitative estimate of drug-likeness (QED) is 0.0453. The first-order chi connectivity index (χ1) is 29.5. The number of unbranched alkanes of at least 4 members (excludes halogenated alkanes) is 13. The van der Waals surface area contributed by atoms with Gasteiger partial charge in [-0.25, -0.2) is 23.2 Å². The van der Waals surface area contributed by atoms with Gasteiger partial charge in [0.15, 0.2) is 15.9 Å². The molecule has 0 radical (unpaired) electrons. The molecule has 5 rings (SSSR count). The van der Waals surface area contributed by atoms with Crippen molar-refractivity contribution in [1.82, 2.24) is 15.4 Å². The van der Waals surface area contributed by atoms with Crippen LogP contribution in [0.15, 0.2) is 59.5 Å². The minimum absolute atomic E-state index is 0.0574. The Kier molecular flexibility index (Phi) is 17.9. The molecule has 62 heavy (non-hydrogen) atoms. The van der Waals surface area contributed by atoms with E-state index in [0.29, 0.717) is 30.3 Å².